The first kappa shape index (κ1) is 14.4. The van der Waals surface area contributed by atoms with Crippen LogP contribution in [0.1, 0.15) is 0 Å². The van der Waals surface area contributed by atoms with Gasteiger partial charge in [0.25, 0.3) is 0 Å². The molecular weight excluding hydrogens is 264 g/mol. The second-order valence-electron chi connectivity index (χ2n) is 4.29. The minimum absolute atomic E-state index is 0.108. The molecule has 0 aromatic heterocycles. The van der Waals surface area contributed by atoms with Crippen molar-refractivity contribution in [2.45, 2.75) is 0 Å². The van der Waals surface area contributed by atoms with Crippen LogP contribution in [-0.4, -0.2) is 46.9 Å². The lowest BCUT2D eigenvalue weighted by molar-refractivity contribution is 0.266. The van der Waals surface area contributed by atoms with E-state index in [2.05, 4.69) is 0 Å². The van der Waals surface area contributed by atoms with E-state index in [4.69, 9.17) is 15.9 Å². The van der Waals surface area contributed by atoms with Crippen LogP contribution in [0, 0.1) is 0 Å². The summed E-state index contributed by atoms with van der Waals surface area (Å²) < 4.78 is 0. The van der Waals surface area contributed by atoms with E-state index in [0.29, 0.717) is 11.4 Å². The Morgan fingerprint density at radius 3 is 2.05 bits per heavy atom. The van der Waals surface area contributed by atoms with E-state index in [1.165, 1.54) is 12.4 Å². The van der Waals surface area contributed by atoms with Crippen LogP contribution in [0.3, 0.4) is 0 Å². The summed E-state index contributed by atoms with van der Waals surface area (Å²) in [4.78, 5) is 1.69. The molecule has 1 aromatic rings. The Balaban J connectivity index is 2.52. The molecule has 8 nitrogen and oxygen atoms in total. The Kier molecular flexibility index (Phi) is 4.30. The highest BCUT2D eigenvalue weighted by Gasteiger charge is 2.25. The fourth-order valence-electron chi connectivity index (χ4n) is 2.18. The van der Waals surface area contributed by atoms with Gasteiger partial charge in [-0.05, 0) is 12.1 Å². The molecule has 0 fully saturated rings. The zero-order valence-corrected chi connectivity index (χ0v) is 10.8. The second-order valence-corrected chi connectivity index (χ2v) is 4.29. The van der Waals surface area contributed by atoms with Crippen molar-refractivity contribution in [3.63, 3.8) is 0 Å². The van der Waals surface area contributed by atoms with Crippen molar-refractivity contribution in [3.8, 4) is 0 Å². The fraction of sp³-hybridized carbons (Fsp3) is 0.333. The number of hydroxylamine groups is 2. The highest BCUT2D eigenvalue weighted by molar-refractivity contribution is 5.93. The van der Waals surface area contributed by atoms with E-state index >= 15 is 0 Å². The van der Waals surface area contributed by atoms with Crippen LogP contribution in [0.5, 0.6) is 0 Å². The molecule has 1 aromatic carbocycles. The zero-order chi connectivity index (χ0) is 14.7. The van der Waals surface area contributed by atoms with Crippen molar-refractivity contribution < 1.29 is 20.6 Å². The third-order valence-corrected chi connectivity index (χ3v) is 3.05. The van der Waals surface area contributed by atoms with E-state index in [1.54, 1.807) is 17.0 Å². The van der Waals surface area contributed by atoms with Crippen LogP contribution in [0.25, 0.3) is 0 Å². The summed E-state index contributed by atoms with van der Waals surface area (Å²) in [6.45, 7) is 0.340. The second kappa shape index (κ2) is 5.97. The lowest BCUT2D eigenvalue weighted by atomic mass is 10.1. The van der Waals surface area contributed by atoms with Gasteiger partial charge in [-0.15, -0.1) is 0 Å². The normalized spacial score (nSPS) is 13.6. The van der Waals surface area contributed by atoms with Crippen molar-refractivity contribution in [1.29, 1.82) is 0 Å². The number of nitrogens with two attached hydrogens (primary N) is 1. The van der Waals surface area contributed by atoms with Crippen molar-refractivity contribution in [2.75, 3.05) is 47.1 Å². The van der Waals surface area contributed by atoms with Gasteiger partial charge in [0.15, 0.2) is 0 Å². The van der Waals surface area contributed by atoms with Gasteiger partial charge in [0.05, 0.1) is 37.0 Å². The smallest absolute Gasteiger partial charge is 0.120 e. The molecule has 0 unspecified atom stereocenters. The van der Waals surface area contributed by atoms with Gasteiger partial charge in [0, 0.05) is 13.1 Å². The third-order valence-electron chi connectivity index (χ3n) is 3.05. The number of aliphatic hydroxyl groups excluding tert-OH is 2. The van der Waals surface area contributed by atoms with Gasteiger partial charge in [0.1, 0.15) is 11.4 Å². The molecule has 0 atom stereocenters. The topological polar surface area (TPSA) is 117 Å². The number of hydrogen-bond acceptors (Lipinski definition) is 8. The average molecular weight is 282 g/mol. The minimum atomic E-state index is -0.108. The Hall–Kier alpha value is -2.00. The van der Waals surface area contributed by atoms with Crippen molar-refractivity contribution >= 4 is 22.7 Å². The van der Waals surface area contributed by atoms with Crippen LogP contribution in [0.2, 0.25) is 0 Å². The highest BCUT2D eigenvalue weighted by atomic mass is 16.5. The molecule has 1 aliphatic rings. The molecule has 0 saturated carbocycles. The molecule has 20 heavy (non-hydrogen) atoms. The summed E-state index contributed by atoms with van der Waals surface area (Å²) >= 11 is 0. The summed E-state index contributed by atoms with van der Waals surface area (Å²) in [5.41, 5.74) is 7.19. The van der Waals surface area contributed by atoms with Gasteiger partial charge in [-0.1, -0.05) is 0 Å². The summed E-state index contributed by atoms with van der Waals surface area (Å²) in [6, 6.07) is 3.25. The van der Waals surface area contributed by atoms with Gasteiger partial charge in [-0.2, -0.15) is 0 Å². The Morgan fingerprint density at radius 2 is 1.50 bits per heavy atom. The van der Waals surface area contributed by atoms with E-state index in [9.17, 15) is 10.4 Å². The van der Waals surface area contributed by atoms with Gasteiger partial charge in [-0.3, -0.25) is 10.4 Å². The largest absolute Gasteiger partial charge is 0.397 e. The van der Waals surface area contributed by atoms with Crippen molar-refractivity contribution in [3.05, 3.63) is 24.5 Å². The van der Waals surface area contributed by atoms with Crippen LogP contribution in [0.15, 0.2) is 24.5 Å². The van der Waals surface area contributed by atoms with Gasteiger partial charge >= 0.3 is 0 Å². The number of nitrogens with zero attached hydrogens (tertiary/aromatic N) is 3. The molecule has 0 amide bonds. The van der Waals surface area contributed by atoms with Gasteiger partial charge < -0.3 is 20.8 Å². The summed E-state index contributed by atoms with van der Waals surface area (Å²) in [5, 5.41) is 39.7. The number of aliphatic hydroxyl groups is 2. The Labute approximate surface area is 116 Å². The fourth-order valence-corrected chi connectivity index (χ4v) is 2.18. The number of benzene rings is 1. The van der Waals surface area contributed by atoms with E-state index in [-0.39, 0.29) is 37.7 Å². The number of anilines is 4. The van der Waals surface area contributed by atoms with Gasteiger partial charge in [0.2, 0.25) is 0 Å². The summed E-state index contributed by atoms with van der Waals surface area (Å²) in [6.07, 6.45) is 2.52. The first-order valence-electron chi connectivity index (χ1n) is 6.13. The number of nitrogen functional groups attached to an aromatic ring is 1. The Bertz CT molecular complexity index is 502. The standard InChI is InChI=1S/C12H18N4O4/c13-9-1-2-10(14(5-7-17)6-8-18)12-11(9)15(19)3-4-16(12)20/h1-4,17-20H,5-8,13H2. The van der Waals surface area contributed by atoms with Crippen molar-refractivity contribution in [1.82, 2.24) is 0 Å². The molecule has 0 saturated heterocycles. The van der Waals surface area contributed by atoms with E-state index < -0.39 is 0 Å². The maximum atomic E-state index is 9.97. The molecule has 2 rings (SSSR count). The first-order chi connectivity index (χ1) is 9.60. The lowest BCUT2D eigenvalue weighted by Crippen LogP contribution is -2.33. The molecule has 0 bridgehead atoms. The van der Waals surface area contributed by atoms with Crippen LogP contribution < -0.4 is 20.8 Å². The summed E-state index contributed by atoms with van der Waals surface area (Å²) in [5.74, 6) is 0. The molecule has 0 radical (unpaired) electrons. The molecule has 0 aliphatic carbocycles. The monoisotopic (exact) mass is 282 g/mol. The average Bonchev–Trinajstić information content (AvgIpc) is 2.43. The number of hydrogen-bond donors (Lipinski definition) is 5. The molecule has 6 N–H and O–H groups in total. The molecule has 8 heteroatoms. The lowest BCUT2D eigenvalue weighted by Gasteiger charge is -2.33. The maximum absolute atomic E-state index is 9.97. The van der Waals surface area contributed by atoms with Crippen molar-refractivity contribution in [2.24, 2.45) is 0 Å². The number of fused-ring (bicyclic) bond motifs is 1. The van der Waals surface area contributed by atoms with E-state index in [1.807, 2.05) is 0 Å². The third kappa shape index (κ3) is 2.49. The van der Waals surface area contributed by atoms with Gasteiger partial charge in [-0.25, -0.2) is 10.1 Å². The molecule has 110 valence electrons. The highest BCUT2D eigenvalue weighted by Crippen LogP contribution is 2.43. The predicted molar refractivity (Wildman–Crippen MR) is 74.9 cm³/mol. The number of rotatable bonds is 5. The summed E-state index contributed by atoms with van der Waals surface area (Å²) in [7, 11) is 0. The molecule has 0 spiro atoms. The quantitative estimate of drug-likeness (QED) is 0.477. The predicted octanol–water partition coefficient (Wildman–Crippen LogP) is -0.0642. The maximum Gasteiger partial charge on any atom is 0.120 e. The van der Waals surface area contributed by atoms with Crippen LogP contribution >= 0.6 is 0 Å². The molecule has 1 heterocycles. The zero-order valence-electron chi connectivity index (χ0n) is 10.8. The molecule has 1 aliphatic heterocycles. The SMILES string of the molecule is Nc1ccc(N(CCO)CCO)c2c1N(O)C=CN2O. The van der Waals surface area contributed by atoms with E-state index in [0.717, 1.165) is 10.1 Å². The van der Waals surface area contributed by atoms with Crippen LogP contribution in [0.4, 0.5) is 22.7 Å². The van der Waals surface area contributed by atoms with Crippen LogP contribution in [-0.2, 0) is 0 Å². The minimum Gasteiger partial charge on any atom is -0.397 e. The Morgan fingerprint density at radius 1 is 0.950 bits per heavy atom. The molecular formula is C12H18N4O4. The first-order valence-corrected chi connectivity index (χ1v) is 6.13.